The number of pyridine rings is 1. The number of hydrogen-bond donors (Lipinski definition) is 2. The lowest BCUT2D eigenvalue weighted by Gasteiger charge is -2.07. The Kier molecular flexibility index (Phi) is 3.09. The van der Waals surface area contributed by atoms with Gasteiger partial charge >= 0.3 is 5.97 Å². The third-order valence-electron chi connectivity index (χ3n) is 3.62. The first-order valence-electron chi connectivity index (χ1n) is 6.78. The van der Waals surface area contributed by atoms with E-state index in [-0.39, 0.29) is 33.8 Å². The van der Waals surface area contributed by atoms with E-state index in [9.17, 15) is 9.59 Å². The highest BCUT2D eigenvalue weighted by atomic mass is 16.4. The van der Waals surface area contributed by atoms with Gasteiger partial charge in [-0.25, -0.2) is 4.79 Å². The van der Waals surface area contributed by atoms with E-state index in [1.165, 1.54) is 6.07 Å². The maximum atomic E-state index is 12.5. The van der Waals surface area contributed by atoms with E-state index in [2.05, 4.69) is 4.98 Å². The number of anilines is 1. The van der Waals surface area contributed by atoms with Crippen LogP contribution in [0.4, 0.5) is 5.82 Å². The predicted octanol–water partition coefficient (Wildman–Crippen LogP) is 2.75. The van der Waals surface area contributed by atoms with E-state index < -0.39 is 5.97 Å². The molecule has 3 N–H and O–H groups in total. The molecule has 0 saturated carbocycles. The molecule has 0 aliphatic rings. The van der Waals surface area contributed by atoms with Crippen LogP contribution in [-0.4, -0.2) is 16.1 Å². The average Bonchev–Trinajstić information content (AvgIpc) is 2.45. The largest absolute Gasteiger partial charge is 0.478 e. The third kappa shape index (κ3) is 2.09. The number of rotatable bonds is 2. The predicted molar refractivity (Wildman–Crippen MR) is 83.2 cm³/mol. The summed E-state index contributed by atoms with van der Waals surface area (Å²) in [5.41, 5.74) is 6.57. The number of nitrogens with two attached hydrogens (primary N) is 1. The molecule has 0 aliphatic heterocycles. The molecule has 2 aromatic heterocycles. The van der Waals surface area contributed by atoms with Gasteiger partial charge in [-0.1, -0.05) is 19.9 Å². The van der Waals surface area contributed by atoms with Gasteiger partial charge in [-0.2, -0.15) is 4.98 Å². The van der Waals surface area contributed by atoms with Gasteiger partial charge in [-0.3, -0.25) is 4.79 Å². The van der Waals surface area contributed by atoms with Gasteiger partial charge in [0.25, 0.3) is 0 Å². The molecule has 0 saturated heterocycles. The van der Waals surface area contributed by atoms with E-state index in [4.69, 9.17) is 15.3 Å². The Labute approximate surface area is 125 Å². The van der Waals surface area contributed by atoms with Crippen LogP contribution in [0.25, 0.3) is 22.1 Å². The van der Waals surface area contributed by atoms with Gasteiger partial charge in [0.15, 0.2) is 0 Å². The van der Waals surface area contributed by atoms with Gasteiger partial charge in [-0.15, -0.1) is 0 Å². The number of carboxylic acids is 1. The second-order valence-electron chi connectivity index (χ2n) is 5.42. The van der Waals surface area contributed by atoms with Crippen molar-refractivity contribution in [2.75, 3.05) is 5.73 Å². The summed E-state index contributed by atoms with van der Waals surface area (Å²) in [6, 6.07) is 6.55. The summed E-state index contributed by atoms with van der Waals surface area (Å²) in [4.78, 5) is 27.5. The zero-order chi connectivity index (χ0) is 16.0. The van der Waals surface area contributed by atoms with Crippen LogP contribution in [0.2, 0.25) is 0 Å². The van der Waals surface area contributed by atoms with Gasteiger partial charge in [0.05, 0.1) is 10.8 Å². The van der Waals surface area contributed by atoms with Gasteiger partial charge in [0, 0.05) is 0 Å². The van der Waals surface area contributed by atoms with Gasteiger partial charge < -0.3 is 15.3 Å². The van der Waals surface area contributed by atoms with E-state index in [0.29, 0.717) is 11.0 Å². The molecule has 0 aliphatic carbocycles. The topological polar surface area (TPSA) is 106 Å². The number of nitrogen functional groups attached to an aromatic ring is 1. The smallest absolute Gasteiger partial charge is 0.339 e. The quantitative estimate of drug-likeness (QED) is 0.704. The van der Waals surface area contributed by atoms with Crippen molar-refractivity contribution in [2.45, 2.75) is 19.8 Å². The molecule has 1 aromatic carbocycles. The van der Waals surface area contributed by atoms with Gasteiger partial charge in [0.1, 0.15) is 17.0 Å². The molecule has 0 spiro atoms. The number of aromatic nitrogens is 1. The second-order valence-corrected chi connectivity index (χ2v) is 5.42. The molecule has 112 valence electrons. The number of fused-ring (bicyclic) bond motifs is 2. The first-order chi connectivity index (χ1) is 10.4. The summed E-state index contributed by atoms with van der Waals surface area (Å²) in [6.07, 6.45) is 0. The summed E-state index contributed by atoms with van der Waals surface area (Å²) < 4.78 is 5.65. The summed E-state index contributed by atoms with van der Waals surface area (Å²) in [5, 5.41) is 9.57. The van der Waals surface area contributed by atoms with Crippen molar-refractivity contribution in [3.05, 3.63) is 45.6 Å². The lowest BCUT2D eigenvalue weighted by atomic mass is 10.0. The van der Waals surface area contributed by atoms with Crippen molar-refractivity contribution in [3.63, 3.8) is 0 Å². The summed E-state index contributed by atoms with van der Waals surface area (Å²) in [6.45, 7) is 4.07. The monoisotopic (exact) mass is 298 g/mol. The molecule has 2 heterocycles. The normalized spacial score (nSPS) is 11.4. The zero-order valence-corrected chi connectivity index (χ0v) is 12.1. The molecule has 6 heteroatoms. The SMILES string of the molecule is CC(C)c1ccc2c(=O)c3cc(C(=O)O)c(N)nc3oc2c1. The van der Waals surface area contributed by atoms with Crippen LogP contribution in [-0.2, 0) is 0 Å². The van der Waals surface area contributed by atoms with Gasteiger partial charge in [-0.05, 0) is 29.7 Å². The highest BCUT2D eigenvalue weighted by Gasteiger charge is 2.16. The molecule has 22 heavy (non-hydrogen) atoms. The van der Waals surface area contributed by atoms with Crippen LogP contribution in [0, 0.1) is 0 Å². The number of aromatic carboxylic acids is 1. The van der Waals surface area contributed by atoms with Crippen LogP contribution in [0.15, 0.2) is 33.5 Å². The molecule has 6 nitrogen and oxygen atoms in total. The minimum atomic E-state index is -1.23. The van der Waals surface area contributed by atoms with E-state index in [0.717, 1.165) is 5.56 Å². The van der Waals surface area contributed by atoms with Crippen LogP contribution < -0.4 is 11.2 Å². The number of nitrogens with zero attached hydrogens (tertiary/aromatic N) is 1. The van der Waals surface area contributed by atoms with Crippen LogP contribution >= 0.6 is 0 Å². The Bertz CT molecular complexity index is 973. The summed E-state index contributed by atoms with van der Waals surface area (Å²) in [7, 11) is 0. The Hall–Kier alpha value is -2.89. The van der Waals surface area contributed by atoms with Crippen molar-refractivity contribution in [1.82, 2.24) is 4.98 Å². The van der Waals surface area contributed by atoms with Crippen LogP contribution in [0.3, 0.4) is 0 Å². The lowest BCUT2D eigenvalue weighted by Crippen LogP contribution is -2.09. The van der Waals surface area contributed by atoms with E-state index in [1.54, 1.807) is 12.1 Å². The molecule has 0 radical (unpaired) electrons. The molecule has 0 unspecified atom stereocenters. The number of benzene rings is 1. The maximum absolute atomic E-state index is 12.5. The minimum Gasteiger partial charge on any atom is -0.478 e. The Morgan fingerprint density at radius 2 is 2.00 bits per heavy atom. The lowest BCUT2D eigenvalue weighted by molar-refractivity contribution is 0.0698. The molecular weight excluding hydrogens is 284 g/mol. The Morgan fingerprint density at radius 1 is 1.27 bits per heavy atom. The van der Waals surface area contributed by atoms with E-state index in [1.807, 2.05) is 19.9 Å². The Balaban J connectivity index is 2.41. The highest BCUT2D eigenvalue weighted by molar-refractivity contribution is 5.98. The molecular formula is C16H14N2O4. The maximum Gasteiger partial charge on any atom is 0.339 e. The molecule has 0 bridgehead atoms. The number of carbonyl (C=O) groups is 1. The fourth-order valence-electron chi connectivity index (χ4n) is 2.34. The first-order valence-corrected chi connectivity index (χ1v) is 6.78. The molecule has 3 aromatic rings. The zero-order valence-electron chi connectivity index (χ0n) is 12.1. The third-order valence-corrected chi connectivity index (χ3v) is 3.62. The number of hydrogen-bond acceptors (Lipinski definition) is 5. The molecule has 0 amide bonds. The van der Waals surface area contributed by atoms with E-state index >= 15 is 0 Å². The number of carboxylic acid groups (broad SMARTS) is 1. The van der Waals surface area contributed by atoms with Crippen molar-refractivity contribution < 1.29 is 14.3 Å². The Morgan fingerprint density at radius 3 is 2.64 bits per heavy atom. The summed E-state index contributed by atoms with van der Waals surface area (Å²) >= 11 is 0. The molecule has 0 atom stereocenters. The average molecular weight is 298 g/mol. The fraction of sp³-hybridized carbons (Fsp3) is 0.188. The minimum absolute atomic E-state index is 0.0425. The summed E-state index contributed by atoms with van der Waals surface area (Å²) in [5.74, 6) is -1.12. The second kappa shape index (κ2) is 4.84. The standard InChI is InChI=1S/C16H14N2O4/c1-7(2)8-3-4-9-12(5-8)22-15-10(13(9)19)6-11(16(20)21)14(17)18-15/h3-7H,1-2H3,(H2,17,18)(H,20,21). The fourth-order valence-corrected chi connectivity index (χ4v) is 2.34. The molecule has 3 rings (SSSR count). The van der Waals surface area contributed by atoms with Gasteiger partial charge in [0.2, 0.25) is 11.1 Å². The van der Waals surface area contributed by atoms with Crippen molar-refractivity contribution in [3.8, 4) is 0 Å². The highest BCUT2D eigenvalue weighted by Crippen LogP contribution is 2.24. The molecule has 0 fully saturated rings. The van der Waals surface area contributed by atoms with Crippen molar-refractivity contribution >= 4 is 33.9 Å². The van der Waals surface area contributed by atoms with Crippen LogP contribution in [0.5, 0.6) is 0 Å². The van der Waals surface area contributed by atoms with Crippen molar-refractivity contribution in [2.24, 2.45) is 0 Å². The van der Waals surface area contributed by atoms with Crippen LogP contribution in [0.1, 0.15) is 35.7 Å². The van der Waals surface area contributed by atoms with Crippen molar-refractivity contribution in [1.29, 1.82) is 0 Å². The first kappa shape index (κ1) is 14.1.